The van der Waals surface area contributed by atoms with E-state index in [1.54, 1.807) is 0 Å². The Morgan fingerprint density at radius 2 is 2.20 bits per heavy atom. The average Bonchev–Trinajstić information content (AvgIpc) is 2.84. The minimum absolute atomic E-state index is 0.0510. The molecule has 0 bridgehead atoms. The summed E-state index contributed by atoms with van der Waals surface area (Å²) in [6.07, 6.45) is 1.44. The van der Waals surface area contributed by atoms with E-state index >= 15 is 0 Å². The summed E-state index contributed by atoms with van der Waals surface area (Å²) in [5, 5.41) is 6.40. The molecule has 0 aromatic heterocycles. The molecular formula is C12H15FN2. The molecule has 2 aliphatic heterocycles. The van der Waals surface area contributed by atoms with Gasteiger partial charge in [-0.2, -0.15) is 0 Å². The zero-order chi connectivity index (χ0) is 10.3. The van der Waals surface area contributed by atoms with E-state index in [4.69, 9.17) is 0 Å². The number of benzene rings is 1. The molecule has 0 radical (unpaired) electrons. The third-order valence-corrected chi connectivity index (χ3v) is 3.53. The number of halogens is 1. The summed E-state index contributed by atoms with van der Waals surface area (Å²) in [5.41, 5.74) is 1.27. The van der Waals surface area contributed by atoms with E-state index < -0.39 is 5.67 Å². The van der Waals surface area contributed by atoms with Gasteiger partial charge in [0.05, 0.1) is 6.04 Å². The maximum atomic E-state index is 14.5. The summed E-state index contributed by atoms with van der Waals surface area (Å²) in [7, 11) is 0. The second kappa shape index (κ2) is 3.20. The van der Waals surface area contributed by atoms with Crippen LogP contribution in [-0.2, 0) is 6.42 Å². The lowest BCUT2D eigenvalue weighted by molar-refractivity contribution is 0.162. The number of fused-ring (bicyclic) bond motifs is 1. The Kier molecular flexibility index (Phi) is 1.96. The first-order valence-corrected chi connectivity index (χ1v) is 5.52. The van der Waals surface area contributed by atoms with E-state index in [2.05, 4.69) is 16.7 Å². The van der Waals surface area contributed by atoms with Crippen LogP contribution >= 0.6 is 0 Å². The molecule has 2 heterocycles. The molecule has 0 aliphatic carbocycles. The van der Waals surface area contributed by atoms with Crippen LogP contribution in [0, 0.1) is 0 Å². The first kappa shape index (κ1) is 9.16. The van der Waals surface area contributed by atoms with Crippen molar-refractivity contribution in [2.75, 3.05) is 18.4 Å². The van der Waals surface area contributed by atoms with Crippen molar-refractivity contribution in [1.82, 2.24) is 5.32 Å². The zero-order valence-corrected chi connectivity index (χ0v) is 8.59. The molecule has 3 rings (SSSR count). The van der Waals surface area contributed by atoms with Gasteiger partial charge in [-0.1, -0.05) is 18.2 Å². The summed E-state index contributed by atoms with van der Waals surface area (Å²) in [5.74, 6) is 0. The van der Waals surface area contributed by atoms with Gasteiger partial charge in [0.1, 0.15) is 5.67 Å². The van der Waals surface area contributed by atoms with Gasteiger partial charge in [-0.05, 0) is 31.0 Å². The molecule has 1 aromatic carbocycles. The fourth-order valence-electron chi connectivity index (χ4n) is 2.59. The molecule has 15 heavy (non-hydrogen) atoms. The quantitative estimate of drug-likeness (QED) is 0.731. The largest absolute Gasteiger partial charge is 0.378 e. The first-order valence-electron chi connectivity index (χ1n) is 5.52. The molecule has 0 saturated carbocycles. The molecular weight excluding hydrogens is 191 g/mol. The van der Waals surface area contributed by atoms with Crippen molar-refractivity contribution in [2.24, 2.45) is 0 Å². The van der Waals surface area contributed by atoms with Crippen molar-refractivity contribution >= 4 is 5.69 Å². The SMILES string of the molecule is FC1(C2Cc3ccccc3N2)CCNC1. The summed E-state index contributed by atoms with van der Waals surface area (Å²) < 4.78 is 14.5. The summed E-state index contributed by atoms with van der Waals surface area (Å²) in [6, 6.07) is 8.06. The first-order chi connectivity index (χ1) is 7.28. The minimum atomic E-state index is -1.07. The average molecular weight is 206 g/mol. The zero-order valence-electron chi connectivity index (χ0n) is 8.59. The van der Waals surface area contributed by atoms with Crippen molar-refractivity contribution < 1.29 is 4.39 Å². The third kappa shape index (κ3) is 1.42. The van der Waals surface area contributed by atoms with Gasteiger partial charge in [0.25, 0.3) is 0 Å². The van der Waals surface area contributed by atoms with Crippen LogP contribution in [-0.4, -0.2) is 24.8 Å². The molecule has 0 amide bonds. The van der Waals surface area contributed by atoms with E-state index in [9.17, 15) is 4.39 Å². The van der Waals surface area contributed by atoms with Crippen LogP contribution in [0.5, 0.6) is 0 Å². The summed E-state index contributed by atoms with van der Waals surface area (Å²) in [4.78, 5) is 0. The molecule has 1 aromatic rings. The standard InChI is InChI=1S/C12H15FN2/c13-12(5-6-14-8-12)11-7-9-3-1-2-4-10(9)15-11/h1-4,11,14-15H,5-8H2. The van der Waals surface area contributed by atoms with Gasteiger partial charge in [0, 0.05) is 12.2 Å². The predicted octanol–water partition coefficient (Wildman–Crippen LogP) is 1.72. The van der Waals surface area contributed by atoms with Crippen LogP contribution in [0.15, 0.2) is 24.3 Å². The smallest absolute Gasteiger partial charge is 0.144 e. The van der Waals surface area contributed by atoms with Crippen LogP contribution in [0.25, 0.3) is 0 Å². The van der Waals surface area contributed by atoms with Gasteiger partial charge >= 0.3 is 0 Å². The van der Waals surface area contributed by atoms with Crippen molar-refractivity contribution in [3.05, 3.63) is 29.8 Å². The number of nitrogens with one attached hydrogen (secondary N) is 2. The summed E-state index contributed by atoms with van der Waals surface area (Å²) >= 11 is 0. The Morgan fingerprint density at radius 3 is 2.93 bits per heavy atom. The van der Waals surface area contributed by atoms with E-state index in [1.165, 1.54) is 5.56 Å². The molecule has 1 fully saturated rings. The molecule has 80 valence electrons. The Bertz CT molecular complexity index is 347. The van der Waals surface area contributed by atoms with Crippen molar-refractivity contribution in [3.8, 4) is 0 Å². The van der Waals surface area contributed by atoms with Crippen molar-refractivity contribution in [1.29, 1.82) is 0 Å². The van der Waals surface area contributed by atoms with E-state index in [0.717, 1.165) is 18.7 Å². The number of para-hydroxylation sites is 1. The van der Waals surface area contributed by atoms with Crippen LogP contribution < -0.4 is 10.6 Å². The second-order valence-electron chi connectivity index (χ2n) is 4.52. The maximum absolute atomic E-state index is 14.5. The normalized spacial score (nSPS) is 33.8. The lowest BCUT2D eigenvalue weighted by atomic mass is 9.93. The van der Waals surface area contributed by atoms with Gasteiger partial charge in [0.15, 0.2) is 0 Å². The van der Waals surface area contributed by atoms with Crippen LogP contribution in [0.3, 0.4) is 0 Å². The lowest BCUT2D eigenvalue weighted by Crippen LogP contribution is -2.43. The molecule has 2 unspecified atom stereocenters. The number of hydrogen-bond donors (Lipinski definition) is 2. The summed E-state index contributed by atoms with van der Waals surface area (Å²) in [6.45, 7) is 1.28. The predicted molar refractivity (Wildman–Crippen MR) is 58.9 cm³/mol. The molecule has 2 N–H and O–H groups in total. The van der Waals surface area contributed by atoms with Gasteiger partial charge in [-0.25, -0.2) is 4.39 Å². The molecule has 3 heteroatoms. The van der Waals surface area contributed by atoms with E-state index in [-0.39, 0.29) is 6.04 Å². The number of anilines is 1. The highest BCUT2D eigenvalue weighted by atomic mass is 19.1. The number of alkyl halides is 1. The second-order valence-corrected chi connectivity index (χ2v) is 4.52. The highest BCUT2D eigenvalue weighted by Crippen LogP contribution is 2.35. The highest BCUT2D eigenvalue weighted by Gasteiger charge is 2.44. The monoisotopic (exact) mass is 206 g/mol. The molecule has 2 atom stereocenters. The molecule has 2 aliphatic rings. The fourth-order valence-corrected chi connectivity index (χ4v) is 2.59. The van der Waals surface area contributed by atoms with E-state index in [0.29, 0.717) is 13.0 Å². The maximum Gasteiger partial charge on any atom is 0.144 e. The van der Waals surface area contributed by atoms with Crippen molar-refractivity contribution in [2.45, 2.75) is 24.6 Å². The molecule has 2 nitrogen and oxygen atoms in total. The Balaban J connectivity index is 1.84. The van der Waals surface area contributed by atoms with Gasteiger partial charge in [-0.3, -0.25) is 0 Å². The van der Waals surface area contributed by atoms with Crippen LogP contribution in [0.4, 0.5) is 10.1 Å². The molecule has 0 spiro atoms. The topological polar surface area (TPSA) is 24.1 Å². The Labute approximate surface area is 88.9 Å². The number of hydrogen-bond acceptors (Lipinski definition) is 2. The van der Waals surface area contributed by atoms with Gasteiger partial charge in [0.2, 0.25) is 0 Å². The number of rotatable bonds is 1. The lowest BCUT2D eigenvalue weighted by Gasteiger charge is -2.26. The minimum Gasteiger partial charge on any atom is -0.378 e. The van der Waals surface area contributed by atoms with Gasteiger partial charge < -0.3 is 10.6 Å². The van der Waals surface area contributed by atoms with Crippen LogP contribution in [0.2, 0.25) is 0 Å². The Morgan fingerprint density at radius 1 is 1.33 bits per heavy atom. The van der Waals surface area contributed by atoms with Crippen molar-refractivity contribution in [3.63, 3.8) is 0 Å². The fraction of sp³-hybridized carbons (Fsp3) is 0.500. The molecule has 1 saturated heterocycles. The van der Waals surface area contributed by atoms with Gasteiger partial charge in [-0.15, -0.1) is 0 Å². The van der Waals surface area contributed by atoms with E-state index in [1.807, 2.05) is 18.2 Å². The highest BCUT2D eigenvalue weighted by molar-refractivity contribution is 5.57. The third-order valence-electron chi connectivity index (χ3n) is 3.53. The Hall–Kier alpha value is -1.09. The van der Waals surface area contributed by atoms with Crippen LogP contribution in [0.1, 0.15) is 12.0 Å².